The maximum Gasteiger partial charge on any atom is 1.00 e. The van der Waals surface area contributed by atoms with Crippen molar-refractivity contribution in [3.63, 3.8) is 0 Å². The van der Waals surface area contributed by atoms with Crippen LogP contribution >= 0.6 is 0 Å². The smallest absolute Gasteiger partial charge is 1.00 e. The molecule has 0 spiro atoms. The van der Waals surface area contributed by atoms with Gasteiger partial charge in [-0.15, -0.1) is 0 Å². The third kappa shape index (κ3) is 3.27. The standard InChI is InChI=1S/C4H7N3O.2Na.2H/c1-7-2-3(8)6-4(7)5;;;;/h2,8H,1H3,(H2,5,6);;;;/q;2*+1;2*-1. The summed E-state index contributed by atoms with van der Waals surface area (Å²) in [6.45, 7) is 0. The molecule has 0 bridgehead atoms. The van der Waals surface area contributed by atoms with Gasteiger partial charge < -0.3 is 18.3 Å². The molecule has 1 aromatic heterocycles. The Morgan fingerprint density at radius 2 is 2.20 bits per heavy atom. The molecule has 1 rings (SSSR count). The molecule has 4 nitrogen and oxygen atoms in total. The first-order valence-electron chi connectivity index (χ1n) is 2.18. The Balaban J connectivity index is -0.0000000800. The molecule has 6 heteroatoms. The molecule has 1 aromatic rings. The average molecular weight is 161 g/mol. The maximum atomic E-state index is 8.62. The Bertz CT molecular complexity index is 189. The van der Waals surface area contributed by atoms with E-state index >= 15 is 0 Å². The minimum absolute atomic E-state index is 0. The molecule has 0 amide bonds. The summed E-state index contributed by atoms with van der Waals surface area (Å²) in [7, 11) is 1.71. The van der Waals surface area contributed by atoms with Gasteiger partial charge in [0.1, 0.15) is 0 Å². The largest absolute Gasteiger partial charge is 1.00 e. The maximum absolute atomic E-state index is 8.62. The zero-order chi connectivity index (χ0) is 6.15. The van der Waals surface area contributed by atoms with Crippen molar-refractivity contribution in [2.45, 2.75) is 0 Å². The summed E-state index contributed by atoms with van der Waals surface area (Å²) >= 11 is 0. The molecule has 0 radical (unpaired) electrons. The predicted octanol–water partition coefficient (Wildman–Crippen LogP) is -6.06. The molecular formula is C4H9N3Na2O. The van der Waals surface area contributed by atoms with Crippen molar-refractivity contribution < 1.29 is 67.1 Å². The van der Waals surface area contributed by atoms with Gasteiger partial charge in [-0.05, 0) is 0 Å². The first kappa shape index (κ1) is 13.4. The molecule has 0 unspecified atom stereocenters. The normalized spacial score (nSPS) is 7.70. The van der Waals surface area contributed by atoms with Crippen molar-refractivity contribution in [1.29, 1.82) is 0 Å². The average Bonchev–Trinajstić information content (AvgIpc) is 1.85. The Morgan fingerprint density at radius 3 is 2.30 bits per heavy atom. The van der Waals surface area contributed by atoms with Crippen LogP contribution in [0, 0.1) is 0 Å². The summed E-state index contributed by atoms with van der Waals surface area (Å²) < 4.78 is 1.54. The summed E-state index contributed by atoms with van der Waals surface area (Å²) in [4.78, 5) is 3.51. The van der Waals surface area contributed by atoms with Crippen LogP contribution in [0.3, 0.4) is 0 Å². The van der Waals surface area contributed by atoms with Gasteiger partial charge >= 0.3 is 59.1 Å². The van der Waals surface area contributed by atoms with Crippen molar-refractivity contribution >= 4 is 5.95 Å². The minimum Gasteiger partial charge on any atom is -1.00 e. The number of aryl methyl sites for hydroxylation is 1. The summed E-state index contributed by atoms with van der Waals surface area (Å²) in [6, 6.07) is 0. The van der Waals surface area contributed by atoms with Crippen LogP contribution in [0.4, 0.5) is 5.95 Å². The number of hydrogen-bond donors (Lipinski definition) is 2. The number of aromatic hydroxyl groups is 1. The Kier molecular flexibility index (Phi) is 7.32. The van der Waals surface area contributed by atoms with Crippen LogP contribution in [-0.4, -0.2) is 14.7 Å². The monoisotopic (exact) mass is 161 g/mol. The molecule has 1 heterocycles. The van der Waals surface area contributed by atoms with Crippen molar-refractivity contribution in [2.24, 2.45) is 7.05 Å². The van der Waals surface area contributed by atoms with Crippen LogP contribution in [0.1, 0.15) is 2.85 Å². The molecular weight excluding hydrogens is 152 g/mol. The van der Waals surface area contributed by atoms with E-state index in [0.29, 0.717) is 5.95 Å². The fourth-order valence-corrected chi connectivity index (χ4v) is 0.464. The van der Waals surface area contributed by atoms with E-state index < -0.39 is 0 Å². The molecule has 10 heavy (non-hydrogen) atoms. The Morgan fingerprint density at radius 1 is 1.70 bits per heavy atom. The Hall–Kier alpha value is 0.810. The number of nitrogen functional groups attached to an aromatic ring is 1. The number of nitrogens with zero attached hydrogens (tertiary/aromatic N) is 2. The molecule has 0 atom stereocenters. The summed E-state index contributed by atoms with van der Waals surface area (Å²) in [5.74, 6) is 0.285. The number of nitrogens with two attached hydrogens (primary N) is 1. The van der Waals surface area contributed by atoms with E-state index in [1.807, 2.05) is 0 Å². The van der Waals surface area contributed by atoms with Crippen LogP contribution < -0.4 is 64.8 Å². The zero-order valence-corrected chi connectivity index (χ0v) is 10.5. The van der Waals surface area contributed by atoms with Gasteiger partial charge in [-0.2, -0.15) is 4.98 Å². The first-order valence-corrected chi connectivity index (χ1v) is 2.18. The van der Waals surface area contributed by atoms with Crippen molar-refractivity contribution in [1.82, 2.24) is 9.55 Å². The molecule has 0 fully saturated rings. The van der Waals surface area contributed by atoms with Crippen LogP contribution in [0.25, 0.3) is 0 Å². The number of imidazole rings is 1. The summed E-state index contributed by atoms with van der Waals surface area (Å²) in [5, 5.41) is 8.62. The fraction of sp³-hybridized carbons (Fsp3) is 0.250. The van der Waals surface area contributed by atoms with Gasteiger partial charge in [0.2, 0.25) is 11.8 Å². The molecule has 0 saturated carbocycles. The summed E-state index contributed by atoms with van der Waals surface area (Å²) in [6.07, 6.45) is 1.44. The first-order chi connectivity index (χ1) is 3.70. The van der Waals surface area contributed by atoms with Gasteiger partial charge in [0.05, 0.1) is 6.20 Å². The van der Waals surface area contributed by atoms with Crippen LogP contribution in [0.15, 0.2) is 6.20 Å². The molecule has 0 aliphatic heterocycles. The molecule has 0 saturated heterocycles. The second kappa shape index (κ2) is 5.46. The molecule has 0 aliphatic rings. The van der Waals surface area contributed by atoms with Crippen LogP contribution in [0.2, 0.25) is 0 Å². The van der Waals surface area contributed by atoms with Crippen molar-refractivity contribution in [3.8, 4) is 5.88 Å². The third-order valence-electron chi connectivity index (χ3n) is 0.900. The summed E-state index contributed by atoms with van der Waals surface area (Å²) in [5.41, 5.74) is 5.23. The topological polar surface area (TPSA) is 64.1 Å². The van der Waals surface area contributed by atoms with E-state index in [2.05, 4.69) is 4.98 Å². The number of aromatic nitrogens is 2. The predicted molar refractivity (Wildman–Crippen MR) is 31.5 cm³/mol. The van der Waals surface area contributed by atoms with Gasteiger partial charge in [-0.3, -0.25) is 0 Å². The minimum atomic E-state index is -0.0370. The molecule has 0 aromatic carbocycles. The van der Waals surface area contributed by atoms with E-state index in [-0.39, 0.29) is 67.8 Å². The SMILES string of the molecule is Cn1cc(O)nc1N.[H-].[H-].[Na+].[Na+]. The van der Waals surface area contributed by atoms with Crippen LogP contribution in [0.5, 0.6) is 5.88 Å². The van der Waals surface area contributed by atoms with Crippen molar-refractivity contribution in [2.75, 3.05) is 5.73 Å². The van der Waals surface area contributed by atoms with Gasteiger partial charge in [-0.25, -0.2) is 0 Å². The quantitative estimate of drug-likeness (QED) is 0.372. The fourth-order valence-electron chi connectivity index (χ4n) is 0.464. The second-order valence-electron chi connectivity index (χ2n) is 1.57. The van der Waals surface area contributed by atoms with Gasteiger partial charge in [0, 0.05) is 7.05 Å². The van der Waals surface area contributed by atoms with E-state index in [9.17, 15) is 0 Å². The Labute approximate surface area is 106 Å². The third-order valence-corrected chi connectivity index (χ3v) is 0.900. The van der Waals surface area contributed by atoms with E-state index in [1.54, 1.807) is 7.05 Å². The van der Waals surface area contributed by atoms with Gasteiger partial charge in [0.25, 0.3) is 0 Å². The zero-order valence-electron chi connectivity index (χ0n) is 8.50. The number of anilines is 1. The van der Waals surface area contributed by atoms with E-state index in [0.717, 1.165) is 0 Å². The van der Waals surface area contributed by atoms with Gasteiger partial charge in [0.15, 0.2) is 0 Å². The van der Waals surface area contributed by atoms with Gasteiger partial charge in [-0.1, -0.05) is 0 Å². The molecule has 3 N–H and O–H groups in total. The van der Waals surface area contributed by atoms with Crippen molar-refractivity contribution in [3.05, 3.63) is 6.20 Å². The molecule has 48 valence electrons. The number of rotatable bonds is 0. The van der Waals surface area contributed by atoms with Crippen LogP contribution in [-0.2, 0) is 7.05 Å². The van der Waals surface area contributed by atoms with E-state index in [1.165, 1.54) is 10.8 Å². The van der Waals surface area contributed by atoms with E-state index in [4.69, 9.17) is 10.8 Å². The number of hydrogen-bond acceptors (Lipinski definition) is 3. The molecule has 0 aliphatic carbocycles. The second-order valence-corrected chi connectivity index (χ2v) is 1.57.